The first-order chi connectivity index (χ1) is 9.38. The number of halogens is 1. The van der Waals surface area contributed by atoms with Crippen LogP contribution in [0.4, 0.5) is 0 Å². The molecule has 0 bridgehead atoms. The maximum atomic E-state index is 11.3. The van der Waals surface area contributed by atoms with Gasteiger partial charge in [0.15, 0.2) is 10.9 Å². The number of nitrogens with one attached hydrogen (secondary N) is 1. The molecule has 8 heteroatoms. The van der Waals surface area contributed by atoms with E-state index in [1.807, 2.05) is 0 Å². The van der Waals surface area contributed by atoms with Crippen LogP contribution >= 0.6 is 23.4 Å². The van der Waals surface area contributed by atoms with Crippen molar-refractivity contribution in [3.8, 4) is 0 Å². The van der Waals surface area contributed by atoms with E-state index in [4.69, 9.17) is 11.6 Å². The Morgan fingerprint density at radius 1 is 1.40 bits per heavy atom. The van der Waals surface area contributed by atoms with E-state index in [0.717, 1.165) is 11.8 Å². The molecular weight excluding hydrogens is 302 g/mol. The average Bonchev–Trinajstić information content (AvgIpc) is 2.37. The van der Waals surface area contributed by atoms with Gasteiger partial charge in [-0.05, 0) is 30.8 Å². The number of benzene rings is 1. The van der Waals surface area contributed by atoms with Gasteiger partial charge < -0.3 is 0 Å². The number of aryl methyl sites for hydroxylation is 1. The molecule has 0 saturated carbocycles. The summed E-state index contributed by atoms with van der Waals surface area (Å²) in [6, 6.07) is 4.86. The third-order valence-electron chi connectivity index (χ3n) is 2.49. The molecule has 0 radical (unpaired) electrons. The molecule has 0 fully saturated rings. The summed E-state index contributed by atoms with van der Waals surface area (Å²) in [4.78, 5) is 37.9. The Balaban J connectivity index is 2.40. The van der Waals surface area contributed by atoms with E-state index in [-0.39, 0.29) is 5.78 Å². The van der Waals surface area contributed by atoms with Gasteiger partial charge in [0.2, 0.25) is 0 Å². The van der Waals surface area contributed by atoms with Crippen molar-refractivity contribution in [3.63, 3.8) is 0 Å². The van der Waals surface area contributed by atoms with E-state index < -0.39 is 11.1 Å². The molecule has 0 atom stereocenters. The quantitative estimate of drug-likeness (QED) is 0.685. The summed E-state index contributed by atoms with van der Waals surface area (Å²) in [5, 5.41) is 3.02. The Morgan fingerprint density at radius 2 is 2.10 bits per heavy atom. The van der Waals surface area contributed by atoms with Gasteiger partial charge >= 0.3 is 11.1 Å². The molecule has 6 nitrogen and oxygen atoms in total. The van der Waals surface area contributed by atoms with Gasteiger partial charge in [-0.3, -0.25) is 24.2 Å². The number of nitrogens with zero attached hydrogens (tertiary/aromatic N) is 2. The topological polar surface area (TPSA) is 84.8 Å². The fraction of sp³-hybridized carbons (Fsp3) is 0.167. The number of hydrogen-bond donors (Lipinski definition) is 1. The molecule has 1 aromatic carbocycles. The first-order valence-electron chi connectivity index (χ1n) is 5.54. The van der Waals surface area contributed by atoms with Gasteiger partial charge in [-0.2, -0.15) is 4.98 Å². The van der Waals surface area contributed by atoms with E-state index in [1.54, 1.807) is 25.2 Å². The molecule has 0 unspecified atom stereocenters. The van der Waals surface area contributed by atoms with Gasteiger partial charge in [-0.15, -0.1) is 0 Å². The molecule has 1 heterocycles. The van der Waals surface area contributed by atoms with Gasteiger partial charge in [-0.1, -0.05) is 17.7 Å². The normalized spacial score (nSPS) is 10.6. The summed E-state index contributed by atoms with van der Waals surface area (Å²) in [5.74, 6) is -0.0852. The van der Waals surface area contributed by atoms with E-state index in [2.05, 4.69) is 10.1 Å². The van der Waals surface area contributed by atoms with Crippen molar-refractivity contribution in [3.05, 3.63) is 49.5 Å². The molecule has 2 aromatic rings. The standard InChI is InChI=1S/C12H10ClN3O3S/c1-6(17)7-3-4-9(8(13)5-7)20-12-14-10(18)11(19)15-16(12)2/h3-5H,1-2H3,(H,15,19). The second-order valence-corrected chi connectivity index (χ2v) is 5.42. The van der Waals surface area contributed by atoms with E-state index >= 15 is 0 Å². The van der Waals surface area contributed by atoms with Crippen LogP contribution in [0.5, 0.6) is 0 Å². The summed E-state index contributed by atoms with van der Waals surface area (Å²) in [6.07, 6.45) is 0. The Labute approximate surface area is 122 Å². The molecule has 0 saturated heterocycles. The summed E-state index contributed by atoms with van der Waals surface area (Å²) in [7, 11) is 1.56. The average molecular weight is 312 g/mol. The predicted molar refractivity (Wildman–Crippen MR) is 75.7 cm³/mol. The zero-order chi connectivity index (χ0) is 14.9. The number of aromatic nitrogens is 3. The molecule has 0 aliphatic carbocycles. The minimum absolute atomic E-state index is 0.0852. The van der Waals surface area contributed by atoms with Gasteiger partial charge in [-0.25, -0.2) is 0 Å². The highest BCUT2D eigenvalue weighted by Crippen LogP contribution is 2.31. The number of H-pyrrole nitrogens is 1. The minimum Gasteiger partial charge on any atom is -0.295 e. The summed E-state index contributed by atoms with van der Waals surface area (Å²) in [5.41, 5.74) is -1.14. The van der Waals surface area contributed by atoms with Crippen LogP contribution in [0, 0.1) is 0 Å². The molecule has 0 amide bonds. The van der Waals surface area contributed by atoms with Crippen LogP contribution in [0.15, 0.2) is 37.8 Å². The Hall–Kier alpha value is -1.86. The molecule has 20 heavy (non-hydrogen) atoms. The van der Waals surface area contributed by atoms with Crippen LogP contribution in [0.1, 0.15) is 17.3 Å². The molecule has 1 N–H and O–H groups in total. The first kappa shape index (κ1) is 14.5. The van der Waals surface area contributed by atoms with E-state index in [9.17, 15) is 14.4 Å². The Bertz CT molecular complexity index is 797. The number of ketones is 1. The SMILES string of the molecule is CC(=O)c1ccc(Sc2nc(=O)c(=O)[nH]n2C)c(Cl)c1. The maximum absolute atomic E-state index is 11.3. The van der Waals surface area contributed by atoms with E-state index in [1.165, 1.54) is 11.6 Å². The zero-order valence-corrected chi connectivity index (χ0v) is 12.2. The molecule has 1 aromatic heterocycles. The zero-order valence-electron chi connectivity index (χ0n) is 10.6. The lowest BCUT2D eigenvalue weighted by Gasteiger charge is -2.07. The van der Waals surface area contributed by atoms with Crippen LogP contribution in [0.25, 0.3) is 0 Å². The Morgan fingerprint density at radius 3 is 2.70 bits per heavy atom. The highest BCUT2D eigenvalue weighted by atomic mass is 35.5. The fourth-order valence-electron chi connectivity index (χ4n) is 1.45. The van der Waals surface area contributed by atoms with Gasteiger partial charge in [0.1, 0.15) is 0 Å². The molecule has 0 spiro atoms. The Kier molecular flexibility index (Phi) is 4.10. The second kappa shape index (κ2) is 5.64. The molecule has 2 rings (SSSR count). The number of carbonyl (C=O) groups is 1. The van der Waals surface area contributed by atoms with Gasteiger partial charge in [0.25, 0.3) is 0 Å². The summed E-state index contributed by atoms with van der Waals surface area (Å²) < 4.78 is 1.34. The number of hydrogen-bond acceptors (Lipinski definition) is 5. The maximum Gasteiger partial charge on any atom is 0.339 e. The monoisotopic (exact) mass is 311 g/mol. The third kappa shape index (κ3) is 3.00. The van der Waals surface area contributed by atoms with Crippen molar-refractivity contribution in [1.29, 1.82) is 0 Å². The van der Waals surface area contributed by atoms with Crippen molar-refractivity contribution in [2.75, 3.05) is 0 Å². The first-order valence-corrected chi connectivity index (χ1v) is 6.73. The molecular formula is C12H10ClN3O3S. The molecule has 0 aliphatic heterocycles. The largest absolute Gasteiger partial charge is 0.339 e. The van der Waals surface area contributed by atoms with Crippen LogP contribution in [-0.4, -0.2) is 20.5 Å². The molecule has 0 aliphatic rings. The van der Waals surface area contributed by atoms with Crippen LogP contribution < -0.4 is 11.1 Å². The van der Waals surface area contributed by atoms with Crippen LogP contribution in [-0.2, 0) is 7.05 Å². The number of carbonyl (C=O) groups excluding carboxylic acids is 1. The van der Waals surface area contributed by atoms with Crippen LogP contribution in [0.2, 0.25) is 5.02 Å². The summed E-state index contributed by atoms with van der Waals surface area (Å²) in [6.45, 7) is 1.45. The second-order valence-electron chi connectivity index (χ2n) is 4.00. The van der Waals surface area contributed by atoms with Crippen molar-refractivity contribution < 1.29 is 4.79 Å². The number of rotatable bonds is 3. The number of Topliss-reactive ketones (excluding diaryl/α,β-unsaturated/α-hetero) is 1. The van der Waals surface area contributed by atoms with Crippen molar-refractivity contribution >= 4 is 29.1 Å². The third-order valence-corrected chi connectivity index (χ3v) is 4.04. The summed E-state index contributed by atoms with van der Waals surface area (Å²) >= 11 is 7.21. The van der Waals surface area contributed by atoms with Crippen molar-refractivity contribution in [2.24, 2.45) is 7.05 Å². The van der Waals surface area contributed by atoms with E-state index in [0.29, 0.717) is 20.6 Å². The van der Waals surface area contributed by atoms with Gasteiger partial charge in [0, 0.05) is 17.5 Å². The van der Waals surface area contributed by atoms with Crippen molar-refractivity contribution in [1.82, 2.24) is 14.8 Å². The smallest absolute Gasteiger partial charge is 0.295 e. The van der Waals surface area contributed by atoms with Crippen LogP contribution in [0.3, 0.4) is 0 Å². The fourth-order valence-corrected chi connectivity index (χ4v) is 2.55. The highest BCUT2D eigenvalue weighted by Gasteiger charge is 2.10. The van der Waals surface area contributed by atoms with Crippen molar-refractivity contribution in [2.45, 2.75) is 17.0 Å². The lowest BCUT2D eigenvalue weighted by molar-refractivity contribution is 0.101. The lowest BCUT2D eigenvalue weighted by atomic mass is 10.1. The highest BCUT2D eigenvalue weighted by molar-refractivity contribution is 7.99. The number of aromatic amines is 1. The predicted octanol–water partition coefficient (Wildman–Crippen LogP) is 1.48. The molecule has 104 valence electrons. The lowest BCUT2D eigenvalue weighted by Crippen LogP contribution is -2.33. The van der Waals surface area contributed by atoms with Gasteiger partial charge in [0.05, 0.1) is 5.02 Å². The minimum atomic E-state index is -0.859.